The van der Waals surface area contributed by atoms with Gasteiger partial charge in [0.2, 0.25) is 5.91 Å². The SMILES string of the molecule is Cc1cn(CC(=O)N(CCCl)Cc2cn(C[C@H]3O[C@@H](n4cc(C)c(=O)[nH]c4=O)C[C@@H]3O)nn2)c(=O)[nH]c1=O. The van der Waals surface area contributed by atoms with Gasteiger partial charge in [0.15, 0.2) is 0 Å². The number of aliphatic hydroxyl groups is 1. The molecule has 1 fully saturated rings. The largest absolute Gasteiger partial charge is 0.390 e. The van der Waals surface area contributed by atoms with Crippen molar-refractivity contribution in [3.63, 3.8) is 0 Å². The molecule has 0 bridgehead atoms. The molecule has 16 heteroatoms. The zero-order valence-corrected chi connectivity index (χ0v) is 21.4. The van der Waals surface area contributed by atoms with Gasteiger partial charge in [-0.1, -0.05) is 5.21 Å². The van der Waals surface area contributed by atoms with E-state index in [4.69, 9.17) is 16.3 Å². The molecule has 0 radical (unpaired) electrons. The molecule has 3 N–H and O–H groups in total. The first kappa shape index (κ1) is 27.2. The summed E-state index contributed by atoms with van der Waals surface area (Å²) < 4.78 is 9.66. The molecule has 38 heavy (non-hydrogen) atoms. The van der Waals surface area contributed by atoms with E-state index < -0.39 is 46.8 Å². The van der Waals surface area contributed by atoms with E-state index in [2.05, 4.69) is 20.3 Å². The maximum atomic E-state index is 12.9. The van der Waals surface area contributed by atoms with Gasteiger partial charge in [-0.05, 0) is 13.8 Å². The number of nitrogens with zero attached hydrogens (tertiary/aromatic N) is 6. The highest BCUT2D eigenvalue weighted by Crippen LogP contribution is 2.28. The number of amides is 1. The number of alkyl halides is 1. The lowest BCUT2D eigenvalue weighted by Gasteiger charge is -2.21. The predicted molar refractivity (Wildman–Crippen MR) is 133 cm³/mol. The van der Waals surface area contributed by atoms with Crippen LogP contribution in [0.2, 0.25) is 0 Å². The lowest BCUT2D eigenvalue weighted by molar-refractivity contribution is -0.132. The van der Waals surface area contributed by atoms with Crippen LogP contribution in [0.15, 0.2) is 37.8 Å². The summed E-state index contributed by atoms with van der Waals surface area (Å²) in [6.07, 6.45) is 2.06. The molecule has 0 aromatic carbocycles. The van der Waals surface area contributed by atoms with Crippen molar-refractivity contribution in [3.05, 3.63) is 77.1 Å². The first-order valence-electron chi connectivity index (χ1n) is 11.7. The average molecular weight is 551 g/mol. The number of halogens is 1. The van der Waals surface area contributed by atoms with Crippen LogP contribution in [0.25, 0.3) is 0 Å². The van der Waals surface area contributed by atoms with Crippen LogP contribution in [0.3, 0.4) is 0 Å². The molecule has 1 aliphatic heterocycles. The number of carbonyl (C=O) groups is 1. The number of aromatic nitrogens is 7. The van der Waals surface area contributed by atoms with Crippen LogP contribution in [-0.4, -0.2) is 74.6 Å². The maximum Gasteiger partial charge on any atom is 0.330 e. The minimum absolute atomic E-state index is 0.0609. The number of aliphatic hydroxyl groups excluding tert-OH is 1. The van der Waals surface area contributed by atoms with Gasteiger partial charge in [0.1, 0.15) is 24.6 Å². The normalized spacial score (nSPS) is 19.1. The monoisotopic (exact) mass is 550 g/mol. The second kappa shape index (κ2) is 11.3. The molecular weight excluding hydrogens is 524 g/mol. The third-order valence-corrected chi connectivity index (χ3v) is 6.34. The fraction of sp³-hybridized carbons (Fsp3) is 0.500. The summed E-state index contributed by atoms with van der Waals surface area (Å²) in [5, 5.41) is 18.6. The van der Waals surface area contributed by atoms with Crippen LogP contribution >= 0.6 is 11.6 Å². The second-order valence-electron chi connectivity index (χ2n) is 9.05. The molecule has 3 aromatic heterocycles. The van der Waals surface area contributed by atoms with Gasteiger partial charge in [-0.15, -0.1) is 16.7 Å². The first-order valence-corrected chi connectivity index (χ1v) is 12.3. The Morgan fingerprint density at radius 1 is 1.13 bits per heavy atom. The van der Waals surface area contributed by atoms with Crippen LogP contribution < -0.4 is 22.5 Å². The van der Waals surface area contributed by atoms with Crippen LogP contribution in [-0.2, 0) is 29.2 Å². The van der Waals surface area contributed by atoms with Crippen molar-refractivity contribution in [2.75, 3.05) is 12.4 Å². The molecule has 1 saturated heterocycles. The molecule has 4 rings (SSSR count). The molecule has 0 unspecified atom stereocenters. The van der Waals surface area contributed by atoms with Gasteiger partial charge in [0.05, 0.1) is 25.4 Å². The standard InChI is InChI=1S/C22H27ClN8O7/c1-12-6-29(21(36)24-19(12)34)11-17(33)28(4-3-23)8-14-9-30(27-26-14)10-16-15(32)5-18(38-16)31-7-13(2)20(35)25-22(31)37/h6-7,9,15-16,18,32H,3-5,8,10-11H2,1-2H3,(H,24,34,36)(H,25,35,37)/t15-,16+,18+/m0/s1. The quantitative estimate of drug-likeness (QED) is 0.258. The fourth-order valence-corrected chi connectivity index (χ4v) is 4.31. The van der Waals surface area contributed by atoms with Crippen molar-refractivity contribution in [1.29, 1.82) is 0 Å². The Morgan fingerprint density at radius 2 is 1.82 bits per heavy atom. The summed E-state index contributed by atoms with van der Waals surface area (Å²) >= 11 is 5.88. The molecule has 3 aromatic rings. The number of hydrogen-bond donors (Lipinski definition) is 3. The predicted octanol–water partition coefficient (Wildman–Crippen LogP) is -1.79. The molecule has 0 spiro atoms. The topological polar surface area (TPSA) is 190 Å². The van der Waals surface area contributed by atoms with Crippen molar-refractivity contribution in [2.24, 2.45) is 0 Å². The maximum absolute atomic E-state index is 12.9. The van der Waals surface area contributed by atoms with Crippen LogP contribution in [0.5, 0.6) is 0 Å². The van der Waals surface area contributed by atoms with Crippen LogP contribution in [0.1, 0.15) is 29.5 Å². The van der Waals surface area contributed by atoms with Crippen LogP contribution in [0.4, 0.5) is 0 Å². The minimum atomic E-state index is -0.903. The highest BCUT2D eigenvalue weighted by atomic mass is 35.5. The molecule has 4 heterocycles. The summed E-state index contributed by atoms with van der Waals surface area (Å²) in [4.78, 5) is 66.1. The van der Waals surface area contributed by atoms with Gasteiger partial charge in [-0.3, -0.25) is 33.5 Å². The van der Waals surface area contributed by atoms with Crippen molar-refractivity contribution in [1.82, 2.24) is 39.0 Å². The molecule has 0 saturated carbocycles. The van der Waals surface area contributed by atoms with Crippen molar-refractivity contribution in [3.8, 4) is 0 Å². The molecule has 3 atom stereocenters. The van der Waals surface area contributed by atoms with Gasteiger partial charge < -0.3 is 14.7 Å². The summed E-state index contributed by atoms with van der Waals surface area (Å²) in [6, 6.07) is 0. The zero-order valence-electron chi connectivity index (χ0n) is 20.7. The number of H-pyrrole nitrogens is 2. The number of aryl methyl sites for hydroxylation is 2. The van der Waals surface area contributed by atoms with Gasteiger partial charge >= 0.3 is 11.4 Å². The van der Waals surface area contributed by atoms with Crippen molar-refractivity contribution < 1.29 is 14.6 Å². The Morgan fingerprint density at radius 3 is 2.53 bits per heavy atom. The van der Waals surface area contributed by atoms with Crippen molar-refractivity contribution >= 4 is 17.5 Å². The molecule has 204 valence electrons. The Bertz CT molecular complexity index is 1550. The Hall–Kier alpha value is -3.82. The summed E-state index contributed by atoms with van der Waals surface area (Å²) in [6.45, 7) is 3.16. The van der Waals surface area contributed by atoms with E-state index in [1.165, 1.54) is 33.5 Å². The average Bonchev–Trinajstić information content (AvgIpc) is 3.45. The Labute approximate surface area is 219 Å². The number of carbonyl (C=O) groups excluding carboxylic acids is 1. The molecular formula is C22H27ClN8O7. The first-order chi connectivity index (χ1) is 18.0. The second-order valence-corrected chi connectivity index (χ2v) is 9.42. The highest BCUT2D eigenvalue weighted by Gasteiger charge is 2.36. The van der Waals surface area contributed by atoms with E-state index in [1.54, 1.807) is 13.1 Å². The number of rotatable bonds is 9. The summed E-state index contributed by atoms with van der Waals surface area (Å²) in [5.74, 6) is -0.264. The minimum Gasteiger partial charge on any atom is -0.390 e. The van der Waals surface area contributed by atoms with Crippen molar-refractivity contribution in [2.45, 2.75) is 58.3 Å². The van der Waals surface area contributed by atoms with Crippen LogP contribution in [0, 0.1) is 13.8 Å². The third-order valence-electron chi connectivity index (χ3n) is 6.17. The van der Waals surface area contributed by atoms with Gasteiger partial charge in [-0.25, -0.2) is 14.3 Å². The third kappa shape index (κ3) is 6.00. The van der Waals surface area contributed by atoms with E-state index in [1.807, 2.05) is 0 Å². The highest BCUT2D eigenvalue weighted by molar-refractivity contribution is 6.18. The lowest BCUT2D eigenvalue weighted by atomic mass is 10.2. The molecule has 15 nitrogen and oxygen atoms in total. The van der Waals surface area contributed by atoms with E-state index in [9.17, 15) is 29.1 Å². The number of aromatic amines is 2. The lowest BCUT2D eigenvalue weighted by Crippen LogP contribution is -2.39. The number of nitrogens with one attached hydrogen (secondary N) is 2. The van der Waals surface area contributed by atoms with E-state index >= 15 is 0 Å². The fourth-order valence-electron chi connectivity index (χ4n) is 4.11. The molecule has 1 aliphatic rings. The van der Waals surface area contributed by atoms with Gasteiger partial charge in [0.25, 0.3) is 11.1 Å². The van der Waals surface area contributed by atoms with E-state index in [-0.39, 0.29) is 38.5 Å². The van der Waals surface area contributed by atoms with E-state index in [0.29, 0.717) is 16.8 Å². The summed E-state index contributed by atoms with van der Waals surface area (Å²) in [5.41, 5.74) is -1.27. The zero-order chi connectivity index (χ0) is 27.6. The van der Waals surface area contributed by atoms with Gasteiger partial charge in [0, 0.05) is 42.4 Å². The van der Waals surface area contributed by atoms with Gasteiger partial charge in [-0.2, -0.15) is 0 Å². The number of hydrogen-bond acceptors (Lipinski definition) is 9. The molecule has 1 amide bonds. The Kier molecular flexibility index (Phi) is 8.08. The smallest absolute Gasteiger partial charge is 0.330 e. The molecule has 0 aliphatic carbocycles. The van der Waals surface area contributed by atoms with E-state index in [0.717, 1.165) is 4.57 Å². The number of ether oxygens (including phenoxy) is 1. The summed E-state index contributed by atoms with van der Waals surface area (Å²) in [7, 11) is 0. The Balaban J connectivity index is 1.41.